The molecule has 6 rings (SSSR count). The van der Waals surface area contributed by atoms with Gasteiger partial charge in [-0.2, -0.15) is 0 Å². The number of carbonyl (C=O) groups excluding carboxylic acids is 1. The van der Waals surface area contributed by atoms with Crippen LogP contribution in [0.4, 0.5) is 5.69 Å². The van der Waals surface area contributed by atoms with Crippen molar-refractivity contribution < 1.29 is 4.79 Å². The molecule has 4 heterocycles. The number of piperidine rings is 1. The van der Waals surface area contributed by atoms with Crippen LogP contribution in [0.5, 0.6) is 0 Å². The molecule has 6 heteroatoms. The van der Waals surface area contributed by atoms with E-state index in [1.165, 1.54) is 11.3 Å². The predicted octanol–water partition coefficient (Wildman–Crippen LogP) is 3.56. The maximum absolute atomic E-state index is 12.8. The van der Waals surface area contributed by atoms with Crippen LogP contribution in [0.2, 0.25) is 0 Å². The SMILES string of the molecule is CN1CCC(C(=O)Nc2cnc3c(c2)C(c2ccc4nccn4c2)=C[C@H]2CC32)CC1. The van der Waals surface area contributed by atoms with Gasteiger partial charge in [-0.05, 0) is 74.7 Å². The summed E-state index contributed by atoms with van der Waals surface area (Å²) in [7, 11) is 2.11. The van der Waals surface area contributed by atoms with E-state index in [4.69, 9.17) is 4.98 Å². The molecule has 6 nitrogen and oxygen atoms in total. The van der Waals surface area contributed by atoms with Gasteiger partial charge in [0.25, 0.3) is 0 Å². The minimum Gasteiger partial charge on any atom is -0.324 e. The number of fused-ring (bicyclic) bond motifs is 4. The van der Waals surface area contributed by atoms with Gasteiger partial charge in [-0.1, -0.05) is 6.08 Å². The molecule has 2 aliphatic carbocycles. The van der Waals surface area contributed by atoms with Crippen molar-refractivity contribution in [2.45, 2.75) is 25.2 Å². The molecule has 1 unspecified atom stereocenters. The monoisotopic (exact) mass is 399 g/mol. The van der Waals surface area contributed by atoms with E-state index >= 15 is 0 Å². The van der Waals surface area contributed by atoms with Crippen molar-refractivity contribution in [3.8, 4) is 0 Å². The number of nitrogens with zero attached hydrogens (tertiary/aromatic N) is 4. The molecule has 3 aliphatic rings. The third-order valence-electron chi connectivity index (χ3n) is 6.84. The predicted molar refractivity (Wildman–Crippen MR) is 116 cm³/mol. The van der Waals surface area contributed by atoms with E-state index in [0.29, 0.717) is 11.8 Å². The highest BCUT2D eigenvalue weighted by molar-refractivity contribution is 5.94. The molecule has 0 bridgehead atoms. The van der Waals surface area contributed by atoms with E-state index in [-0.39, 0.29) is 11.8 Å². The van der Waals surface area contributed by atoms with Crippen molar-refractivity contribution in [2.75, 3.05) is 25.5 Å². The van der Waals surface area contributed by atoms with E-state index in [2.05, 4.69) is 46.7 Å². The molecule has 1 N–H and O–H groups in total. The largest absolute Gasteiger partial charge is 0.324 e. The molecular formula is C24H25N5O. The van der Waals surface area contributed by atoms with Crippen LogP contribution in [0.1, 0.15) is 42.0 Å². The molecule has 3 aromatic heterocycles. The van der Waals surface area contributed by atoms with Crippen LogP contribution in [0.3, 0.4) is 0 Å². The minimum absolute atomic E-state index is 0.0868. The maximum atomic E-state index is 12.8. The Morgan fingerprint density at radius 2 is 2.07 bits per heavy atom. The number of rotatable bonds is 3. The Bertz CT molecular complexity index is 1170. The number of aromatic nitrogens is 3. The van der Waals surface area contributed by atoms with Crippen LogP contribution in [-0.2, 0) is 4.79 Å². The van der Waals surface area contributed by atoms with Crippen LogP contribution in [0, 0.1) is 11.8 Å². The van der Waals surface area contributed by atoms with Crippen molar-refractivity contribution in [2.24, 2.45) is 11.8 Å². The van der Waals surface area contributed by atoms with Gasteiger partial charge < -0.3 is 14.6 Å². The quantitative estimate of drug-likeness (QED) is 0.732. The van der Waals surface area contributed by atoms with Crippen LogP contribution in [0.25, 0.3) is 11.2 Å². The number of imidazole rings is 1. The smallest absolute Gasteiger partial charge is 0.227 e. The summed E-state index contributed by atoms with van der Waals surface area (Å²) in [5, 5.41) is 3.14. The molecule has 3 aromatic rings. The lowest BCUT2D eigenvalue weighted by molar-refractivity contribution is -0.121. The van der Waals surface area contributed by atoms with Crippen LogP contribution in [-0.4, -0.2) is 45.3 Å². The van der Waals surface area contributed by atoms with Crippen molar-refractivity contribution >= 4 is 22.8 Å². The van der Waals surface area contributed by atoms with Gasteiger partial charge in [0.05, 0.1) is 17.6 Å². The molecule has 0 spiro atoms. The Labute approximate surface area is 175 Å². The van der Waals surface area contributed by atoms with Gasteiger partial charge in [-0.25, -0.2) is 4.98 Å². The first kappa shape index (κ1) is 17.8. The highest BCUT2D eigenvalue weighted by Gasteiger charge is 2.43. The van der Waals surface area contributed by atoms with Gasteiger partial charge in [0.15, 0.2) is 0 Å². The van der Waals surface area contributed by atoms with E-state index < -0.39 is 0 Å². The number of anilines is 1. The molecule has 2 atom stereocenters. The summed E-state index contributed by atoms with van der Waals surface area (Å²) in [6, 6.07) is 6.30. The molecule has 0 aromatic carbocycles. The molecule has 0 radical (unpaired) electrons. The molecule has 1 saturated carbocycles. The van der Waals surface area contributed by atoms with Crippen LogP contribution < -0.4 is 5.32 Å². The second kappa shape index (κ2) is 6.77. The lowest BCUT2D eigenvalue weighted by atomic mass is 9.90. The summed E-state index contributed by atoms with van der Waals surface area (Å²) in [5.41, 5.74) is 6.42. The molecule has 1 aliphatic heterocycles. The lowest BCUT2D eigenvalue weighted by Gasteiger charge is -2.28. The zero-order chi connectivity index (χ0) is 20.2. The summed E-state index contributed by atoms with van der Waals surface area (Å²) in [6.07, 6.45) is 13.1. The Balaban J connectivity index is 1.31. The maximum Gasteiger partial charge on any atom is 0.227 e. The number of allylic oxidation sites excluding steroid dienone is 1. The van der Waals surface area contributed by atoms with Gasteiger partial charge in [0.2, 0.25) is 5.91 Å². The Morgan fingerprint density at radius 1 is 1.20 bits per heavy atom. The third kappa shape index (κ3) is 3.03. The average molecular weight is 399 g/mol. The van der Waals surface area contributed by atoms with Gasteiger partial charge in [-0.3, -0.25) is 9.78 Å². The molecule has 30 heavy (non-hydrogen) atoms. The Morgan fingerprint density at radius 3 is 2.93 bits per heavy atom. The number of amides is 1. The Hall–Kier alpha value is -2.99. The van der Waals surface area contributed by atoms with Gasteiger partial charge in [0, 0.05) is 36.0 Å². The lowest BCUT2D eigenvalue weighted by Crippen LogP contribution is -2.35. The number of nitrogens with one attached hydrogen (secondary N) is 1. The summed E-state index contributed by atoms with van der Waals surface area (Å²) in [6.45, 7) is 1.96. The first-order valence-electron chi connectivity index (χ1n) is 10.8. The molecule has 1 saturated heterocycles. The average Bonchev–Trinajstić information content (AvgIpc) is 3.40. The first-order valence-corrected chi connectivity index (χ1v) is 10.8. The summed E-state index contributed by atoms with van der Waals surface area (Å²) in [5.74, 6) is 1.32. The Kier molecular flexibility index (Phi) is 4.03. The van der Waals surface area contributed by atoms with Crippen LogP contribution in [0.15, 0.2) is 49.1 Å². The van der Waals surface area contributed by atoms with Gasteiger partial charge >= 0.3 is 0 Å². The van der Waals surface area contributed by atoms with Crippen molar-refractivity contribution in [1.82, 2.24) is 19.3 Å². The number of likely N-dealkylation sites (tertiary alicyclic amines) is 1. The van der Waals surface area contributed by atoms with Crippen molar-refractivity contribution in [1.29, 1.82) is 0 Å². The standard InChI is InChI=1S/C24H25N5O/c1-28-7-4-15(5-8-28)24(30)27-18-12-21-19(10-17-11-20(17)23(21)26-13-18)16-2-3-22-25-6-9-29(22)14-16/h2-3,6,9-10,12-15,17,20H,4-5,7-8,11H2,1H3,(H,27,30)/t17-,20?/m0/s1. The zero-order valence-corrected chi connectivity index (χ0v) is 17.1. The topological polar surface area (TPSA) is 62.5 Å². The normalized spacial score (nSPS) is 23.6. The molecular weight excluding hydrogens is 374 g/mol. The van der Waals surface area contributed by atoms with E-state index in [1.54, 1.807) is 0 Å². The fraction of sp³-hybridized carbons (Fsp3) is 0.375. The fourth-order valence-electron chi connectivity index (χ4n) is 4.92. The highest BCUT2D eigenvalue weighted by atomic mass is 16.1. The summed E-state index contributed by atoms with van der Waals surface area (Å²) >= 11 is 0. The van der Waals surface area contributed by atoms with Crippen LogP contribution >= 0.6 is 0 Å². The number of hydrogen-bond donors (Lipinski definition) is 1. The minimum atomic E-state index is 0.0868. The second-order valence-corrected chi connectivity index (χ2v) is 8.92. The van der Waals surface area contributed by atoms with Crippen molar-refractivity contribution in [3.63, 3.8) is 0 Å². The number of hydrogen-bond acceptors (Lipinski definition) is 4. The van der Waals surface area contributed by atoms with E-state index in [0.717, 1.165) is 54.8 Å². The summed E-state index contributed by atoms with van der Waals surface area (Å²) in [4.78, 5) is 24.2. The van der Waals surface area contributed by atoms with Crippen molar-refractivity contribution in [3.05, 3.63) is 65.9 Å². The zero-order valence-electron chi connectivity index (χ0n) is 17.1. The second-order valence-electron chi connectivity index (χ2n) is 8.92. The molecule has 2 fully saturated rings. The summed E-state index contributed by atoms with van der Waals surface area (Å²) < 4.78 is 2.05. The van der Waals surface area contributed by atoms with Gasteiger partial charge in [-0.15, -0.1) is 0 Å². The number of carbonyl (C=O) groups is 1. The van der Waals surface area contributed by atoms with Gasteiger partial charge in [0.1, 0.15) is 5.65 Å². The highest BCUT2D eigenvalue weighted by Crippen LogP contribution is 2.55. The first-order chi connectivity index (χ1) is 14.7. The molecule has 1 amide bonds. The molecule has 152 valence electrons. The third-order valence-corrected chi connectivity index (χ3v) is 6.84. The number of pyridine rings is 2. The van der Waals surface area contributed by atoms with E-state index in [1.807, 2.05) is 29.1 Å². The van der Waals surface area contributed by atoms with E-state index in [9.17, 15) is 4.79 Å². The fourth-order valence-corrected chi connectivity index (χ4v) is 4.92.